The molecule has 3 aromatic heterocycles. The number of anilines is 1. The molecule has 0 aliphatic heterocycles. The smallest absolute Gasteiger partial charge is 0.223 e. The van der Waals surface area contributed by atoms with Crippen molar-refractivity contribution in [3.63, 3.8) is 0 Å². The van der Waals surface area contributed by atoms with E-state index in [0.717, 1.165) is 66.9 Å². The Bertz CT molecular complexity index is 1570. The van der Waals surface area contributed by atoms with Gasteiger partial charge in [-0.1, -0.05) is 19.1 Å². The van der Waals surface area contributed by atoms with E-state index >= 15 is 0 Å². The van der Waals surface area contributed by atoms with Crippen LogP contribution in [0.1, 0.15) is 50.8 Å². The molecule has 1 aliphatic carbocycles. The summed E-state index contributed by atoms with van der Waals surface area (Å²) in [5, 5.41) is 8.56. The molecule has 3 heterocycles. The van der Waals surface area contributed by atoms with Crippen molar-refractivity contribution in [1.82, 2.24) is 29.9 Å². The minimum absolute atomic E-state index is 0.0454. The Kier molecular flexibility index (Phi) is 13.8. The molecule has 1 fully saturated rings. The molecule has 262 valence electrons. The van der Waals surface area contributed by atoms with Gasteiger partial charge in [0, 0.05) is 30.4 Å². The van der Waals surface area contributed by atoms with Gasteiger partial charge >= 0.3 is 0 Å². The molecule has 0 saturated heterocycles. The molecule has 1 amide bonds. The normalized spacial score (nSPS) is 16.5. The van der Waals surface area contributed by atoms with Crippen molar-refractivity contribution in [2.45, 2.75) is 44.9 Å². The Morgan fingerprint density at radius 2 is 1.58 bits per heavy atom. The summed E-state index contributed by atoms with van der Waals surface area (Å²) in [5.41, 5.74) is 9.43. The van der Waals surface area contributed by atoms with Crippen LogP contribution in [0.3, 0.4) is 0 Å². The number of hydrogen-bond acceptors (Lipinski definition) is 11. The van der Waals surface area contributed by atoms with E-state index in [4.69, 9.17) is 39.1 Å². The van der Waals surface area contributed by atoms with Crippen LogP contribution in [0.4, 0.5) is 5.82 Å². The van der Waals surface area contributed by atoms with E-state index in [1.807, 2.05) is 28.8 Å². The number of H-pyrrole nitrogens is 1. The summed E-state index contributed by atoms with van der Waals surface area (Å²) in [5.74, 6) is 2.11. The Morgan fingerprint density at radius 3 is 2.23 bits per heavy atom. The number of carbonyl (C=O) groups excluding carboxylic acids is 1. The van der Waals surface area contributed by atoms with E-state index < -0.39 is 0 Å². The van der Waals surface area contributed by atoms with Crippen molar-refractivity contribution in [3.05, 3.63) is 36.4 Å². The van der Waals surface area contributed by atoms with E-state index in [0.29, 0.717) is 83.0 Å². The predicted molar refractivity (Wildman–Crippen MR) is 181 cm³/mol. The van der Waals surface area contributed by atoms with Gasteiger partial charge in [-0.05, 0) is 44.2 Å². The zero-order chi connectivity index (χ0) is 33.6. The predicted octanol–water partition coefficient (Wildman–Crippen LogP) is 3.75. The molecule has 4 aromatic rings. The highest BCUT2D eigenvalue weighted by Gasteiger charge is 2.31. The van der Waals surface area contributed by atoms with Crippen LogP contribution in [0, 0.1) is 5.92 Å². The van der Waals surface area contributed by atoms with Gasteiger partial charge in [0.05, 0.1) is 77.8 Å². The maximum absolute atomic E-state index is 12.9. The van der Waals surface area contributed by atoms with Crippen molar-refractivity contribution in [3.8, 4) is 17.1 Å². The average Bonchev–Trinajstić information content (AvgIpc) is 3.72. The molecule has 4 N–H and O–H groups in total. The number of amides is 1. The van der Waals surface area contributed by atoms with Gasteiger partial charge in [-0.3, -0.25) is 4.79 Å². The number of imidazole rings is 1. The van der Waals surface area contributed by atoms with Crippen molar-refractivity contribution < 1.29 is 33.2 Å². The lowest BCUT2D eigenvalue weighted by Crippen LogP contribution is -2.35. The SMILES string of the molecule is CCCOCCOCCOCCOCCOCCNC(=O)[C@H]1CC[C@H](c2nc(-c3cc4cccc(OC)c4[nH]3)c3c(N)ncnn32)CC1. The van der Waals surface area contributed by atoms with E-state index in [1.54, 1.807) is 7.11 Å². The quantitative estimate of drug-likeness (QED) is 0.111. The minimum Gasteiger partial charge on any atom is -0.495 e. The van der Waals surface area contributed by atoms with Crippen LogP contribution in [0.15, 0.2) is 30.6 Å². The molecule has 1 aromatic carbocycles. The zero-order valence-corrected chi connectivity index (χ0v) is 28.1. The van der Waals surface area contributed by atoms with E-state index in [2.05, 4.69) is 27.3 Å². The molecule has 0 radical (unpaired) electrons. The summed E-state index contributed by atoms with van der Waals surface area (Å²) in [6.07, 6.45) is 5.64. The van der Waals surface area contributed by atoms with E-state index in [-0.39, 0.29) is 17.7 Å². The zero-order valence-electron chi connectivity index (χ0n) is 28.1. The first kappa shape index (κ1) is 35.5. The number of ether oxygens (including phenoxy) is 6. The summed E-state index contributed by atoms with van der Waals surface area (Å²) in [6, 6.07) is 7.93. The van der Waals surface area contributed by atoms with Gasteiger partial charge in [0.25, 0.3) is 0 Å². The van der Waals surface area contributed by atoms with Gasteiger partial charge in [-0.15, -0.1) is 0 Å². The number of para-hydroxylation sites is 1. The number of hydrogen-bond donors (Lipinski definition) is 3. The number of nitrogens with zero attached hydrogens (tertiary/aromatic N) is 4. The van der Waals surface area contributed by atoms with Crippen LogP contribution in [-0.4, -0.2) is 110 Å². The van der Waals surface area contributed by atoms with Crippen LogP contribution in [0.2, 0.25) is 0 Å². The third-order valence-electron chi connectivity index (χ3n) is 8.42. The van der Waals surface area contributed by atoms with Crippen LogP contribution >= 0.6 is 0 Å². The highest BCUT2D eigenvalue weighted by Crippen LogP contribution is 2.39. The number of nitrogens with one attached hydrogen (secondary N) is 2. The first-order chi connectivity index (χ1) is 23.6. The number of nitrogen functional groups attached to an aromatic ring is 1. The molecular formula is C34H49N7O7. The van der Waals surface area contributed by atoms with Crippen molar-refractivity contribution in [2.75, 3.05) is 85.5 Å². The lowest BCUT2D eigenvalue weighted by Gasteiger charge is -2.26. The minimum atomic E-state index is -0.0454. The Morgan fingerprint density at radius 1 is 0.938 bits per heavy atom. The molecular weight excluding hydrogens is 618 g/mol. The van der Waals surface area contributed by atoms with Gasteiger partial charge in [0.1, 0.15) is 29.1 Å². The third-order valence-corrected chi connectivity index (χ3v) is 8.42. The summed E-state index contributed by atoms with van der Waals surface area (Å²) in [7, 11) is 1.65. The third kappa shape index (κ3) is 9.41. The first-order valence-electron chi connectivity index (χ1n) is 16.9. The van der Waals surface area contributed by atoms with E-state index in [1.165, 1.54) is 6.33 Å². The van der Waals surface area contributed by atoms with E-state index in [9.17, 15) is 4.79 Å². The number of nitrogens with two attached hydrogens (primary N) is 1. The number of benzene rings is 1. The van der Waals surface area contributed by atoms with Crippen LogP contribution in [0.25, 0.3) is 27.8 Å². The standard InChI is InChI=1S/C34H49N7O7/c1-3-12-44-14-16-46-18-20-48-21-19-47-17-15-45-13-11-36-34(42)25-9-7-24(8-10-25)33-40-30(31-32(35)37-23-38-41(31)33)27-22-26-5-4-6-28(43-2)29(26)39-27/h4-6,22-25,39H,3,7-21H2,1-2H3,(H,36,42)(H2,35,37,38)/t24-,25-. The Labute approximate surface area is 281 Å². The lowest BCUT2D eigenvalue weighted by molar-refractivity contribution is -0.126. The maximum Gasteiger partial charge on any atom is 0.223 e. The van der Waals surface area contributed by atoms with Gasteiger partial charge in [0.15, 0.2) is 5.82 Å². The van der Waals surface area contributed by atoms with Crippen molar-refractivity contribution >= 4 is 28.1 Å². The number of rotatable bonds is 21. The van der Waals surface area contributed by atoms with Gasteiger partial charge in [0.2, 0.25) is 5.91 Å². The number of aromatic amines is 1. The number of methoxy groups -OCH3 is 1. The highest BCUT2D eigenvalue weighted by atomic mass is 16.6. The molecule has 14 heteroatoms. The summed E-state index contributed by atoms with van der Waals surface area (Å²) in [6.45, 7) is 7.96. The average molecular weight is 668 g/mol. The molecule has 0 spiro atoms. The topological polar surface area (TPSA) is 169 Å². The first-order valence-corrected chi connectivity index (χ1v) is 16.9. The maximum atomic E-state index is 12.9. The Hall–Kier alpha value is -3.82. The van der Waals surface area contributed by atoms with Crippen molar-refractivity contribution in [2.24, 2.45) is 5.92 Å². The summed E-state index contributed by atoms with van der Waals surface area (Å²) in [4.78, 5) is 25.6. The molecule has 14 nitrogen and oxygen atoms in total. The van der Waals surface area contributed by atoms with Crippen LogP contribution in [0.5, 0.6) is 5.75 Å². The van der Waals surface area contributed by atoms with Crippen LogP contribution in [-0.2, 0) is 28.5 Å². The fourth-order valence-corrected chi connectivity index (χ4v) is 5.99. The van der Waals surface area contributed by atoms with Gasteiger partial charge in [-0.25, -0.2) is 14.5 Å². The highest BCUT2D eigenvalue weighted by molar-refractivity contribution is 5.93. The summed E-state index contributed by atoms with van der Waals surface area (Å²) < 4.78 is 34.8. The molecule has 48 heavy (non-hydrogen) atoms. The number of carbonyl (C=O) groups is 1. The van der Waals surface area contributed by atoms with Crippen molar-refractivity contribution in [1.29, 1.82) is 0 Å². The number of fused-ring (bicyclic) bond motifs is 2. The molecule has 1 saturated carbocycles. The summed E-state index contributed by atoms with van der Waals surface area (Å²) >= 11 is 0. The molecule has 1 aliphatic rings. The second kappa shape index (κ2) is 18.7. The Balaban J connectivity index is 0.992. The fourth-order valence-electron chi connectivity index (χ4n) is 5.99. The van der Waals surface area contributed by atoms with Gasteiger partial charge in [-0.2, -0.15) is 5.10 Å². The molecule has 5 rings (SSSR count). The molecule has 0 bridgehead atoms. The second-order valence-corrected chi connectivity index (χ2v) is 11.7. The largest absolute Gasteiger partial charge is 0.495 e. The van der Waals surface area contributed by atoms with Gasteiger partial charge < -0.3 is 44.5 Å². The van der Waals surface area contributed by atoms with Crippen LogP contribution < -0.4 is 15.8 Å². The second-order valence-electron chi connectivity index (χ2n) is 11.7. The molecule has 0 unspecified atom stereocenters. The molecule has 0 atom stereocenters. The number of aromatic nitrogens is 5. The fraction of sp³-hybridized carbons (Fsp3) is 0.588. The monoisotopic (exact) mass is 667 g/mol. The lowest BCUT2D eigenvalue weighted by atomic mass is 9.81.